The van der Waals surface area contributed by atoms with Crippen LogP contribution in [0.2, 0.25) is 0 Å². The normalized spacial score (nSPS) is 30.6. The Morgan fingerprint density at radius 1 is 1.45 bits per heavy atom. The van der Waals surface area contributed by atoms with Crippen LogP contribution in [0.15, 0.2) is 0 Å². The Labute approximate surface area is 129 Å². The largest absolute Gasteiger partial charge is 0.480 e. The van der Waals surface area contributed by atoms with Gasteiger partial charge < -0.3 is 15.9 Å². The van der Waals surface area contributed by atoms with Crippen molar-refractivity contribution in [3.63, 3.8) is 0 Å². The molecule has 2 unspecified atom stereocenters. The minimum atomic E-state index is -4.08. The van der Waals surface area contributed by atoms with E-state index in [-0.39, 0.29) is 17.1 Å². The van der Waals surface area contributed by atoms with E-state index in [1.807, 2.05) is 13.8 Å². The van der Waals surface area contributed by atoms with Crippen LogP contribution < -0.4 is 5.73 Å². The molecule has 0 aromatic carbocycles. The number of carboxylic acid groups (broad SMARTS) is 1. The smallest absolute Gasteiger partial charge is 0.322 e. The number of aliphatic hydroxyl groups is 1. The molecule has 0 radical (unpaired) electrons. The molecule has 0 amide bonds. The first-order valence-electron chi connectivity index (χ1n) is 6.95. The van der Waals surface area contributed by atoms with Gasteiger partial charge in [-0.1, -0.05) is 13.8 Å². The van der Waals surface area contributed by atoms with Gasteiger partial charge >= 0.3 is 5.97 Å². The molecule has 0 heterocycles. The molecule has 0 aliphatic heterocycles. The Kier molecular flexibility index (Phi) is 5.38. The Balaban J connectivity index is 0.000000295. The fourth-order valence-electron chi connectivity index (χ4n) is 3.50. The van der Waals surface area contributed by atoms with Crippen molar-refractivity contribution >= 4 is 21.9 Å². The highest BCUT2D eigenvalue weighted by Gasteiger charge is 2.65. The number of fused-ring (bicyclic) bond motifs is 2. The van der Waals surface area contributed by atoms with Crippen LogP contribution in [0.4, 0.5) is 0 Å². The summed E-state index contributed by atoms with van der Waals surface area (Å²) < 4.78 is 31.0. The average molecular weight is 337 g/mol. The average Bonchev–Trinajstić information content (AvgIpc) is 2.70. The fraction of sp³-hybridized carbons (Fsp3) is 0.846. The molecule has 0 spiro atoms. The molecule has 3 atom stereocenters. The van der Waals surface area contributed by atoms with Gasteiger partial charge in [-0.2, -0.15) is 8.42 Å². The molecule has 9 heteroatoms. The zero-order chi connectivity index (χ0) is 17.3. The molecule has 5 N–H and O–H groups in total. The summed E-state index contributed by atoms with van der Waals surface area (Å²) in [6.07, 6.45) is 1.97. The van der Waals surface area contributed by atoms with Crippen molar-refractivity contribution in [3.8, 4) is 0 Å². The van der Waals surface area contributed by atoms with Crippen LogP contribution in [0.3, 0.4) is 0 Å². The lowest BCUT2D eigenvalue weighted by Crippen LogP contribution is -2.42. The van der Waals surface area contributed by atoms with E-state index in [2.05, 4.69) is 0 Å². The number of nitrogens with two attached hydrogens (primary N) is 1. The predicted octanol–water partition coefficient (Wildman–Crippen LogP) is -0.340. The van der Waals surface area contributed by atoms with Crippen LogP contribution >= 0.6 is 0 Å². The van der Waals surface area contributed by atoms with Crippen molar-refractivity contribution < 1.29 is 32.8 Å². The number of carboxylic acids is 1. The van der Waals surface area contributed by atoms with Gasteiger partial charge in [-0.15, -0.1) is 0 Å². The third-order valence-corrected chi connectivity index (χ3v) is 5.94. The lowest BCUT2D eigenvalue weighted by molar-refractivity contribution is -0.139. The Bertz CT molecular complexity index is 557. The molecule has 2 rings (SSSR count). The van der Waals surface area contributed by atoms with E-state index in [4.69, 9.17) is 20.5 Å². The van der Waals surface area contributed by atoms with Crippen LogP contribution in [0, 0.1) is 16.7 Å². The van der Waals surface area contributed by atoms with Crippen molar-refractivity contribution in [2.75, 3.05) is 12.4 Å². The van der Waals surface area contributed by atoms with Crippen molar-refractivity contribution in [1.82, 2.24) is 0 Å². The molecule has 2 fully saturated rings. The molecular formula is C13H23NO7S. The van der Waals surface area contributed by atoms with Crippen LogP contribution in [0.1, 0.15) is 33.1 Å². The highest BCUT2D eigenvalue weighted by Crippen LogP contribution is 2.64. The van der Waals surface area contributed by atoms with Gasteiger partial charge in [0.15, 0.2) is 0 Å². The first kappa shape index (κ1) is 19.0. The van der Waals surface area contributed by atoms with E-state index >= 15 is 0 Å². The SMILES string of the molecule is CC1(C)C2CCC1(CS(=O)(=O)O)C(=O)C2.N[C@@H](CO)C(=O)O. The number of aliphatic carboxylic acids is 1. The molecular weight excluding hydrogens is 314 g/mol. The van der Waals surface area contributed by atoms with E-state index in [0.29, 0.717) is 12.8 Å². The Morgan fingerprint density at radius 3 is 2.23 bits per heavy atom. The summed E-state index contributed by atoms with van der Waals surface area (Å²) >= 11 is 0. The third kappa shape index (κ3) is 3.48. The van der Waals surface area contributed by atoms with Gasteiger partial charge in [0, 0.05) is 6.42 Å². The molecule has 0 aromatic rings. The van der Waals surface area contributed by atoms with E-state index in [0.717, 1.165) is 6.42 Å². The lowest BCUT2D eigenvalue weighted by atomic mass is 9.70. The third-order valence-electron chi connectivity index (χ3n) is 5.08. The first-order valence-corrected chi connectivity index (χ1v) is 8.56. The first-order chi connectivity index (χ1) is 9.87. The zero-order valence-electron chi connectivity index (χ0n) is 12.7. The number of ketones is 1. The summed E-state index contributed by atoms with van der Waals surface area (Å²) in [6.45, 7) is 3.39. The molecule has 2 saturated carbocycles. The van der Waals surface area contributed by atoms with Crippen molar-refractivity contribution in [1.29, 1.82) is 0 Å². The number of hydrogen-bond donors (Lipinski definition) is 4. The molecule has 0 saturated heterocycles. The minimum absolute atomic E-state index is 0.0152. The van der Waals surface area contributed by atoms with Crippen molar-refractivity contribution in [2.24, 2.45) is 22.5 Å². The summed E-state index contributed by atoms with van der Waals surface area (Å²) in [5.74, 6) is -1.28. The summed E-state index contributed by atoms with van der Waals surface area (Å²) in [7, 11) is -4.08. The van der Waals surface area contributed by atoms with Gasteiger partial charge in [0.1, 0.15) is 11.8 Å². The summed E-state index contributed by atoms with van der Waals surface area (Å²) in [4.78, 5) is 21.5. The summed E-state index contributed by atoms with van der Waals surface area (Å²) in [6, 6.07) is -1.13. The fourth-order valence-corrected chi connectivity index (χ4v) is 4.80. The number of carbonyl (C=O) groups excluding carboxylic acids is 1. The number of hydrogen-bond acceptors (Lipinski definition) is 6. The number of carbonyl (C=O) groups is 2. The van der Waals surface area contributed by atoms with E-state index in [9.17, 15) is 18.0 Å². The van der Waals surface area contributed by atoms with Gasteiger partial charge in [-0.3, -0.25) is 14.1 Å². The van der Waals surface area contributed by atoms with Crippen molar-refractivity contribution in [2.45, 2.75) is 39.2 Å². The number of Topliss-reactive ketones (excluding diaryl/α,β-unsaturated/α-hetero) is 1. The molecule has 0 aromatic heterocycles. The predicted molar refractivity (Wildman–Crippen MR) is 77.7 cm³/mol. The second kappa shape index (κ2) is 6.23. The van der Waals surface area contributed by atoms with E-state index in [1.165, 1.54) is 0 Å². The van der Waals surface area contributed by atoms with E-state index in [1.54, 1.807) is 0 Å². The van der Waals surface area contributed by atoms with Crippen LogP contribution in [0.25, 0.3) is 0 Å². The van der Waals surface area contributed by atoms with Gasteiger partial charge in [0.25, 0.3) is 10.1 Å². The molecule has 128 valence electrons. The quantitative estimate of drug-likeness (QED) is 0.508. The maximum absolute atomic E-state index is 11.9. The van der Waals surface area contributed by atoms with Gasteiger partial charge in [0.05, 0.1) is 17.8 Å². The second-order valence-corrected chi connectivity index (χ2v) is 7.97. The second-order valence-electron chi connectivity index (χ2n) is 6.52. The minimum Gasteiger partial charge on any atom is -0.480 e. The Hall–Kier alpha value is -1.03. The van der Waals surface area contributed by atoms with Crippen LogP contribution in [-0.4, -0.2) is 53.3 Å². The zero-order valence-corrected chi connectivity index (χ0v) is 13.5. The van der Waals surface area contributed by atoms with Gasteiger partial charge in [-0.25, -0.2) is 0 Å². The van der Waals surface area contributed by atoms with Gasteiger partial charge in [-0.05, 0) is 24.2 Å². The summed E-state index contributed by atoms with van der Waals surface area (Å²) in [5.41, 5.74) is 3.65. The molecule has 8 nitrogen and oxygen atoms in total. The molecule has 2 aliphatic rings. The highest BCUT2D eigenvalue weighted by molar-refractivity contribution is 7.85. The highest BCUT2D eigenvalue weighted by atomic mass is 32.2. The van der Waals surface area contributed by atoms with Crippen molar-refractivity contribution in [3.05, 3.63) is 0 Å². The van der Waals surface area contributed by atoms with Gasteiger partial charge in [0.2, 0.25) is 0 Å². The number of aliphatic hydroxyl groups excluding tert-OH is 1. The van der Waals surface area contributed by atoms with Crippen LogP contribution in [0.5, 0.6) is 0 Å². The maximum atomic E-state index is 11.9. The van der Waals surface area contributed by atoms with E-state index < -0.39 is 39.9 Å². The monoisotopic (exact) mass is 337 g/mol. The number of rotatable bonds is 4. The summed E-state index contributed by atoms with van der Waals surface area (Å²) in [5, 5.41) is 15.9. The van der Waals surface area contributed by atoms with Crippen LogP contribution in [-0.2, 0) is 19.7 Å². The maximum Gasteiger partial charge on any atom is 0.322 e. The molecule has 2 bridgehead atoms. The molecule has 22 heavy (non-hydrogen) atoms. The Morgan fingerprint density at radius 2 is 2.00 bits per heavy atom. The molecule has 2 aliphatic carbocycles. The lowest BCUT2D eigenvalue weighted by Gasteiger charge is -2.35. The standard InChI is InChI=1S/C10H16O4S.C3H7NO3/c1-9(2)7-3-4-10(9,8(11)5-7)6-15(12,13)14;4-2(1-5)3(6)7/h7H,3-6H2,1-2H3,(H,12,13,14);2,5H,1,4H2,(H,6,7)/t;2-/m.0/s1. The topological polar surface area (TPSA) is 155 Å².